The Labute approximate surface area is 114 Å². The van der Waals surface area contributed by atoms with Gasteiger partial charge in [-0.3, -0.25) is 0 Å². The molecule has 0 saturated heterocycles. The van der Waals surface area contributed by atoms with Crippen LogP contribution in [-0.4, -0.2) is 6.54 Å². The van der Waals surface area contributed by atoms with Gasteiger partial charge >= 0.3 is 0 Å². The van der Waals surface area contributed by atoms with Crippen molar-refractivity contribution in [3.63, 3.8) is 0 Å². The van der Waals surface area contributed by atoms with Crippen molar-refractivity contribution in [3.05, 3.63) is 34.2 Å². The van der Waals surface area contributed by atoms with E-state index in [1.54, 1.807) is 5.56 Å². The lowest BCUT2D eigenvalue weighted by Crippen LogP contribution is -2.12. The van der Waals surface area contributed by atoms with Crippen molar-refractivity contribution in [1.29, 1.82) is 0 Å². The molecule has 1 aromatic carbocycles. The van der Waals surface area contributed by atoms with E-state index >= 15 is 0 Å². The van der Waals surface area contributed by atoms with Crippen LogP contribution in [0.15, 0.2) is 18.2 Å². The lowest BCUT2D eigenvalue weighted by atomic mass is 9.99. The fraction of sp³-hybridized carbons (Fsp3) is 0.500. The second-order valence-electron chi connectivity index (χ2n) is 5.33. The zero-order valence-electron chi connectivity index (χ0n) is 11.8. The van der Waals surface area contributed by atoms with Gasteiger partial charge in [0.1, 0.15) is 0 Å². The van der Waals surface area contributed by atoms with Crippen LogP contribution in [0.1, 0.15) is 36.8 Å². The van der Waals surface area contributed by atoms with Crippen LogP contribution in [-0.2, 0) is 13.0 Å². The van der Waals surface area contributed by atoms with Crippen molar-refractivity contribution in [3.8, 4) is 0 Å². The van der Waals surface area contributed by atoms with Crippen LogP contribution in [0.25, 0.3) is 10.1 Å². The molecule has 1 aromatic heterocycles. The minimum atomic E-state index is 0.712. The Bertz CT molecular complexity index is 525. The van der Waals surface area contributed by atoms with Gasteiger partial charge in [0.2, 0.25) is 0 Å². The summed E-state index contributed by atoms with van der Waals surface area (Å²) in [5, 5.41) is 4.94. The van der Waals surface area contributed by atoms with Crippen LogP contribution in [0, 0.1) is 12.8 Å². The van der Waals surface area contributed by atoms with Crippen molar-refractivity contribution < 1.29 is 0 Å². The predicted octanol–water partition coefficient (Wildman–Crippen LogP) is 4.52. The normalized spacial score (nSPS) is 11.6. The molecule has 18 heavy (non-hydrogen) atoms. The minimum Gasteiger partial charge on any atom is -0.312 e. The molecular formula is C16H23NS. The number of aryl methyl sites for hydroxylation is 1. The van der Waals surface area contributed by atoms with Gasteiger partial charge in [-0.25, -0.2) is 0 Å². The van der Waals surface area contributed by atoms with Crippen molar-refractivity contribution in [2.24, 2.45) is 5.92 Å². The molecule has 1 nitrogen and oxygen atoms in total. The molecule has 0 saturated carbocycles. The first-order valence-corrected chi connectivity index (χ1v) is 7.65. The maximum Gasteiger partial charge on any atom is 0.0378 e. The van der Waals surface area contributed by atoms with E-state index in [1.807, 2.05) is 11.3 Å². The Morgan fingerprint density at radius 1 is 1.28 bits per heavy atom. The molecule has 2 heteroatoms. The SMILES string of the molecule is CCNCc1sc2c(C)cccc2c1CC(C)C. The van der Waals surface area contributed by atoms with Crippen molar-refractivity contribution in [2.75, 3.05) is 6.54 Å². The van der Waals surface area contributed by atoms with Crippen LogP contribution < -0.4 is 5.32 Å². The highest BCUT2D eigenvalue weighted by Gasteiger charge is 2.13. The van der Waals surface area contributed by atoms with Crippen molar-refractivity contribution in [1.82, 2.24) is 5.32 Å². The lowest BCUT2D eigenvalue weighted by molar-refractivity contribution is 0.641. The molecule has 0 aliphatic heterocycles. The molecule has 98 valence electrons. The standard InChI is InChI=1S/C16H23NS/c1-5-17-10-15-14(9-11(2)3)13-8-6-7-12(4)16(13)18-15/h6-8,11,17H,5,9-10H2,1-4H3. The number of benzene rings is 1. The summed E-state index contributed by atoms with van der Waals surface area (Å²) < 4.78 is 1.47. The molecule has 0 unspecified atom stereocenters. The predicted molar refractivity (Wildman–Crippen MR) is 82.5 cm³/mol. The first-order valence-electron chi connectivity index (χ1n) is 6.84. The highest BCUT2D eigenvalue weighted by molar-refractivity contribution is 7.19. The molecule has 0 spiro atoms. The van der Waals surface area contributed by atoms with Crippen molar-refractivity contribution in [2.45, 2.75) is 40.7 Å². The number of rotatable bonds is 5. The van der Waals surface area contributed by atoms with Gasteiger partial charge in [-0.2, -0.15) is 0 Å². The second-order valence-corrected chi connectivity index (χ2v) is 6.44. The Hall–Kier alpha value is -0.860. The van der Waals surface area contributed by atoms with Gasteiger partial charge in [-0.15, -0.1) is 11.3 Å². The zero-order chi connectivity index (χ0) is 13.1. The molecule has 0 radical (unpaired) electrons. The summed E-state index contributed by atoms with van der Waals surface area (Å²) in [7, 11) is 0. The van der Waals surface area contributed by atoms with Gasteiger partial charge in [0.25, 0.3) is 0 Å². The molecular weight excluding hydrogens is 238 g/mol. The highest BCUT2D eigenvalue weighted by Crippen LogP contribution is 2.35. The van der Waals surface area contributed by atoms with Crippen LogP contribution in [0.2, 0.25) is 0 Å². The molecule has 0 fully saturated rings. The number of nitrogens with one attached hydrogen (secondary N) is 1. The smallest absolute Gasteiger partial charge is 0.0378 e. The van der Waals surface area contributed by atoms with Gasteiger partial charge < -0.3 is 5.32 Å². The first kappa shape index (κ1) is 13.6. The molecule has 2 rings (SSSR count). The number of hydrogen-bond acceptors (Lipinski definition) is 2. The maximum absolute atomic E-state index is 3.47. The Morgan fingerprint density at radius 2 is 2.06 bits per heavy atom. The summed E-state index contributed by atoms with van der Waals surface area (Å²) in [6, 6.07) is 6.69. The summed E-state index contributed by atoms with van der Waals surface area (Å²) in [6.07, 6.45) is 1.18. The third kappa shape index (κ3) is 2.76. The monoisotopic (exact) mass is 261 g/mol. The van der Waals surface area contributed by atoms with E-state index in [2.05, 4.69) is 51.2 Å². The Morgan fingerprint density at radius 3 is 2.72 bits per heavy atom. The van der Waals surface area contributed by atoms with Crippen LogP contribution in [0.4, 0.5) is 0 Å². The summed E-state index contributed by atoms with van der Waals surface area (Å²) >= 11 is 1.97. The summed E-state index contributed by atoms with van der Waals surface area (Å²) in [5.41, 5.74) is 2.97. The zero-order valence-corrected chi connectivity index (χ0v) is 12.7. The number of thiophene rings is 1. The maximum atomic E-state index is 3.47. The van der Waals surface area contributed by atoms with Gasteiger partial charge in [0, 0.05) is 16.1 Å². The highest BCUT2D eigenvalue weighted by atomic mass is 32.1. The molecule has 0 aliphatic carbocycles. The van der Waals surface area contributed by atoms with Gasteiger partial charge in [-0.1, -0.05) is 39.0 Å². The third-order valence-corrected chi connectivity index (χ3v) is 4.63. The molecule has 2 aromatic rings. The average molecular weight is 261 g/mol. The summed E-state index contributed by atoms with van der Waals surface area (Å²) in [5.74, 6) is 0.712. The molecule has 0 bridgehead atoms. The quantitative estimate of drug-likeness (QED) is 0.834. The van der Waals surface area contributed by atoms with E-state index in [0.29, 0.717) is 5.92 Å². The third-order valence-electron chi connectivity index (χ3n) is 3.25. The topological polar surface area (TPSA) is 12.0 Å². The molecule has 0 atom stereocenters. The van der Waals surface area contributed by atoms with Gasteiger partial charge in [0.15, 0.2) is 0 Å². The van der Waals surface area contributed by atoms with E-state index in [-0.39, 0.29) is 0 Å². The second kappa shape index (κ2) is 5.85. The first-order chi connectivity index (χ1) is 8.63. The van der Waals surface area contributed by atoms with Crippen LogP contribution in [0.3, 0.4) is 0 Å². The average Bonchev–Trinajstić information content (AvgIpc) is 2.66. The Kier molecular flexibility index (Phi) is 4.41. The van der Waals surface area contributed by atoms with E-state index in [9.17, 15) is 0 Å². The van der Waals surface area contributed by atoms with Crippen LogP contribution in [0.5, 0.6) is 0 Å². The van der Waals surface area contributed by atoms with E-state index in [0.717, 1.165) is 13.1 Å². The molecule has 1 N–H and O–H groups in total. The van der Waals surface area contributed by atoms with E-state index in [1.165, 1.54) is 26.9 Å². The number of fused-ring (bicyclic) bond motifs is 1. The van der Waals surface area contributed by atoms with Crippen molar-refractivity contribution >= 4 is 21.4 Å². The summed E-state index contributed by atoms with van der Waals surface area (Å²) in [4.78, 5) is 1.52. The number of hydrogen-bond donors (Lipinski definition) is 1. The fourth-order valence-corrected chi connectivity index (χ4v) is 3.64. The molecule has 0 amide bonds. The van der Waals surface area contributed by atoms with E-state index in [4.69, 9.17) is 0 Å². The van der Waals surface area contributed by atoms with Gasteiger partial charge in [-0.05, 0) is 42.3 Å². The Balaban J connectivity index is 2.49. The largest absolute Gasteiger partial charge is 0.312 e. The molecule has 0 aliphatic rings. The van der Waals surface area contributed by atoms with Gasteiger partial charge in [0.05, 0.1) is 0 Å². The molecule has 1 heterocycles. The fourth-order valence-electron chi connectivity index (χ4n) is 2.37. The lowest BCUT2D eigenvalue weighted by Gasteiger charge is -2.08. The summed E-state index contributed by atoms with van der Waals surface area (Å²) in [6.45, 7) is 11.0. The van der Waals surface area contributed by atoms with E-state index < -0.39 is 0 Å². The minimum absolute atomic E-state index is 0.712. The van der Waals surface area contributed by atoms with Crippen LogP contribution >= 0.6 is 11.3 Å².